The molecule has 4 N–H and O–H groups in total. The molecule has 0 atom stereocenters. The number of nitrogens with zero attached hydrogens (tertiary/aromatic N) is 2. The van der Waals surface area contributed by atoms with E-state index in [1.54, 1.807) is 17.5 Å². The van der Waals surface area contributed by atoms with Gasteiger partial charge in [0.25, 0.3) is 11.5 Å². The van der Waals surface area contributed by atoms with Crippen LogP contribution in [0.25, 0.3) is 10.6 Å². The van der Waals surface area contributed by atoms with Gasteiger partial charge in [-0.3, -0.25) is 9.59 Å². The van der Waals surface area contributed by atoms with Crippen molar-refractivity contribution < 1.29 is 4.79 Å². The largest absolute Gasteiger partial charge is 0.369 e. The van der Waals surface area contributed by atoms with Crippen LogP contribution in [-0.2, 0) is 6.54 Å². The normalized spacial score (nSPS) is 17.9. The molecule has 1 aromatic carbocycles. The predicted molar refractivity (Wildman–Crippen MR) is 143 cm³/mol. The second-order valence-corrected chi connectivity index (χ2v) is 10.4. The number of amides is 1. The minimum Gasteiger partial charge on any atom is -0.369 e. The molecule has 35 heavy (non-hydrogen) atoms. The molecule has 1 amide bonds. The second-order valence-electron chi connectivity index (χ2n) is 9.49. The van der Waals surface area contributed by atoms with Gasteiger partial charge in [-0.15, -0.1) is 11.3 Å². The van der Waals surface area contributed by atoms with Gasteiger partial charge in [0, 0.05) is 64.8 Å². The first-order chi connectivity index (χ1) is 16.8. The quantitative estimate of drug-likeness (QED) is 0.451. The zero-order valence-electron chi connectivity index (χ0n) is 21.0. The maximum absolute atomic E-state index is 13.5. The van der Waals surface area contributed by atoms with Gasteiger partial charge in [-0.2, -0.15) is 0 Å². The van der Waals surface area contributed by atoms with E-state index in [1.165, 1.54) is 0 Å². The number of aromatic nitrogens is 2. The molecule has 0 radical (unpaired) electrons. The zero-order valence-corrected chi connectivity index (χ0v) is 21.8. The SMILES string of the molecule is CCN(c1cc(-c2nccs2)cc(C(=O)NCc2c(C)cc(C)[nH]c2=O)c1C)C1CCC(N)CC1. The number of rotatable bonds is 7. The standard InChI is InChI=1S/C27H35N5O2S/c1-5-32(21-8-6-20(28)7-9-21)24-14-19(27-29-10-11-35-27)13-22(18(24)4)25(33)30-15-23-16(2)12-17(3)31-26(23)34/h10-14,20-21H,5-9,15,28H2,1-4H3,(H,30,33)(H,31,34). The number of anilines is 1. The third-order valence-electron chi connectivity index (χ3n) is 7.06. The van der Waals surface area contributed by atoms with Crippen molar-refractivity contribution in [3.63, 3.8) is 0 Å². The molecular formula is C27H35N5O2S. The molecule has 1 aliphatic carbocycles. The van der Waals surface area contributed by atoms with Gasteiger partial charge in [-0.1, -0.05) is 0 Å². The molecule has 7 nitrogen and oxygen atoms in total. The number of aromatic amines is 1. The number of carbonyl (C=O) groups excluding carboxylic acids is 1. The fraction of sp³-hybridized carbons (Fsp3) is 0.444. The van der Waals surface area contributed by atoms with Crippen LogP contribution in [0.5, 0.6) is 0 Å². The van der Waals surface area contributed by atoms with Gasteiger partial charge in [-0.05, 0) is 82.7 Å². The third-order valence-corrected chi connectivity index (χ3v) is 7.88. The molecule has 0 unspecified atom stereocenters. The molecule has 8 heteroatoms. The van der Waals surface area contributed by atoms with Gasteiger partial charge < -0.3 is 20.9 Å². The van der Waals surface area contributed by atoms with Crippen LogP contribution in [0.4, 0.5) is 5.69 Å². The van der Waals surface area contributed by atoms with Gasteiger partial charge in [0.05, 0.1) is 0 Å². The highest BCUT2D eigenvalue weighted by atomic mass is 32.1. The average molecular weight is 494 g/mol. The number of nitrogens with two attached hydrogens (primary N) is 1. The smallest absolute Gasteiger partial charge is 0.253 e. The summed E-state index contributed by atoms with van der Waals surface area (Å²) in [6.45, 7) is 8.94. The maximum Gasteiger partial charge on any atom is 0.253 e. The Morgan fingerprint density at radius 3 is 2.57 bits per heavy atom. The Hall–Kier alpha value is -2.97. The highest BCUT2D eigenvalue weighted by Gasteiger charge is 2.27. The molecule has 1 fully saturated rings. The molecule has 0 bridgehead atoms. The number of aryl methyl sites for hydroxylation is 2. The summed E-state index contributed by atoms with van der Waals surface area (Å²) in [5.74, 6) is -0.191. The van der Waals surface area contributed by atoms with Gasteiger partial charge in [0.2, 0.25) is 0 Å². The average Bonchev–Trinajstić information content (AvgIpc) is 3.36. The number of thiazole rings is 1. The molecule has 0 saturated heterocycles. The molecule has 1 aliphatic rings. The predicted octanol–water partition coefficient (Wildman–Crippen LogP) is 4.45. The minimum atomic E-state index is -0.191. The van der Waals surface area contributed by atoms with Crippen LogP contribution in [-0.4, -0.2) is 34.5 Å². The van der Waals surface area contributed by atoms with E-state index in [2.05, 4.69) is 33.2 Å². The van der Waals surface area contributed by atoms with E-state index in [9.17, 15) is 9.59 Å². The summed E-state index contributed by atoms with van der Waals surface area (Å²) in [5.41, 5.74) is 11.8. The fourth-order valence-electron chi connectivity index (χ4n) is 5.13. The molecule has 4 rings (SSSR count). The van der Waals surface area contributed by atoms with E-state index in [0.29, 0.717) is 17.2 Å². The van der Waals surface area contributed by atoms with Crippen molar-refractivity contribution in [1.29, 1.82) is 0 Å². The van der Waals surface area contributed by atoms with E-state index in [-0.39, 0.29) is 24.1 Å². The van der Waals surface area contributed by atoms with Crippen molar-refractivity contribution in [3.8, 4) is 10.6 Å². The van der Waals surface area contributed by atoms with Gasteiger partial charge in [-0.25, -0.2) is 4.98 Å². The van der Waals surface area contributed by atoms with Crippen LogP contribution < -0.4 is 21.5 Å². The number of H-pyrrole nitrogens is 1. The van der Waals surface area contributed by atoms with E-state index < -0.39 is 0 Å². The Morgan fingerprint density at radius 2 is 1.94 bits per heavy atom. The van der Waals surface area contributed by atoms with Crippen LogP contribution in [0.15, 0.2) is 34.6 Å². The molecular weight excluding hydrogens is 458 g/mol. The van der Waals surface area contributed by atoms with Crippen LogP contribution in [0.2, 0.25) is 0 Å². The summed E-state index contributed by atoms with van der Waals surface area (Å²) in [6.07, 6.45) is 5.92. The minimum absolute atomic E-state index is 0.163. The number of nitrogens with one attached hydrogen (secondary N) is 2. The highest BCUT2D eigenvalue weighted by molar-refractivity contribution is 7.13. The van der Waals surface area contributed by atoms with Crippen LogP contribution in [0, 0.1) is 20.8 Å². The third kappa shape index (κ3) is 5.49. The van der Waals surface area contributed by atoms with E-state index in [4.69, 9.17) is 5.73 Å². The van der Waals surface area contributed by atoms with Crippen LogP contribution >= 0.6 is 11.3 Å². The van der Waals surface area contributed by atoms with Crippen molar-refractivity contribution in [2.75, 3.05) is 11.4 Å². The second kappa shape index (κ2) is 10.7. The van der Waals surface area contributed by atoms with Gasteiger partial charge >= 0.3 is 0 Å². The Morgan fingerprint density at radius 1 is 1.20 bits per heavy atom. The summed E-state index contributed by atoms with van der Waals surface area (Å²) in [4.78, 5) is 35.6. The van der Waals surface area contributed by atoms with Crippen LogP contribution in [0.1, 0.15) is 65.3 Å². The van der Waals surface area contributed by atoms with Crippen LogP contribution in [0.3, 0.4) is 0 Å². The molecule has 2 heterocycles. The lowest BCUT2D eigenvalue weighted by molar-refractivity contribution is 0.0950. The van der Waals surface area contributed by atoms with Crippen molar-refractivity contribution in [3.05, 3.63) is 68.1 Å². The van der Waals surface area contributed by atoms with E-state index in [1.807, 2.05) is 38.3 Å². The Labute approximate surface area is 210 Å². The number of hydrogen-bond donors (Lipinski definition) is 3. The number of pyridine rings is 1. The lowest BCUT2D eigenvalue weighted by Crippen LogP contribution is -2.41. The molecule has 186 valence electrons. The molecule has 0 spiro atoms. The zero-order chi connectivity index (χ0) is 25.1. The van der Waals surface area contributed by atoms with Gasteiger partial charge in [0.15, 0.2) is 0 Å². The molecule has 1 saturated carbocycles. The molecule has 3 aromatic rings. The number of hydrogen-bond acceptors (Lipinski definition) is 6. The number of carbonyl (C=O) groups is 1. The van der Waals surface area contributed by atoms with Crippen molar-refractivity contribution in [1.82, 2.24) is 15.3 Å². The van der Waals surface area contributed by atoms with E-state index in [0.717, 1.165) is 65.3 Å². The summed E-state index contributed by atoms with van der Waals surface area (Å²) in [6, 6.07) is 6.68. The molecule has 0 aliphatic heterocycles. The summed E-state index contributed by atoms with van der Waals surface area (Å²) in [7, 11) is 0. The summed E-state index contributed by atoms with van der Waals surface area (Å²) in [5, 5.41) is 5.82. The lowest BCUT2D eigenvalue weighted by atomic mass is 9.89. The maximum atomic E-state index is 13.5. The first-order valence-corrected chi connectivity index (χ1v) is 13.2. The van der Waals surface area contributed by atoms with Crippen molar-refractivity contribution >= 4 is 22.9 Å². The lowest BCUT2D eigenvalue weighted by Gasteiger charge is -2.38. The van der Waals surface area contributed by atoms with E-state index >= 15 is 0 Å². The first-order valence-electron chi connectivity index (χ1n) is 12.3. The molecule has 2 aromatic heterocycles. The Kier molecular flexibility index (Phi) is 7.72. The number of benzene rings is 1. The first kappa shape index (κ1) is 25.1. The Bertz CT molecular complexity index is 1240. The van der Waals surface area contributed by atoms with Crippen molar-refractivity contribution in [2.24, 2.45) is 5.73 Å². The fourth-order valence-corrected chi connectivity index (χ4v) is 5.75. The van der Waals surface area contributed by atoms with Gasteiger partial charge in [0.1, 0.15) is 5.01 Å². The topological polar surface area (TPSA) is 104 Å². The highest BCUT2D eigenvalue weighted by Crippen LogP contribution is 2.35. The Balaban J connectivity index is 1.69. The summed E-state index contributed by atoms with van der Waals surface area (Å²) < 4.78 is 0. The monoisotopic (exact) mass is 493 g/mol. The summed E-state index contributed by atoms with van der Waals surface area (Å²) >= 11 is 1.56. The van der Waals surface area contributed by atoms with Crippen molar-refractivity contribution in [2.45, 2.75) is 72.0 Å².